The van der Waals surface area contributed by atoms with Crippen molar-refractivity contribution in [3.63, 3.8) is 0 Å². The monoisotopic (exact) mass is 330 g/mol. The Hall–Kier alpha value is -1.55. The first-order valence-corrected chi connectivity index (χ1v) is 9.10. The van der Waals surface area contributed by atoms with Gasteiger partial charge < -0.3 is 4.98 Å². The summed E-state index contributed by atoms with van der Waals surface area (Å²) in [7, 11) is -2.01. The number of amidine groups is 2. The van der Waals surface area contributed by atoms with Gasteiger partial charge in [-0.1, -0.05) is 6.92 Å². The van der Waals surface area contributed by atoms with Gasteiger partial charge in [0.25, 0.3) is 0 Å². The first kappa shape index (κ1) is 15.8. The smallest absolute Gasteiger partial charge is 0.324 e. The molecule has 1 aromatic rings. The highest BCUT2D eigenvalue weighted by Gasteiger charge is 2.27. The van der Waals surface area contributed by atoms with Gasteiger partial charge in [-0.3, -0.25) is 9.98 Å². The van der Waals surface area contributed by atoms with Crippen LogP contribution in [0, 0.1) is 0 Å². The molecular formula is C11H18N6O2S2. The standard InChI is InChI=1S/C11H18N6O2S2/c1-3-8-9(15-7-14-8)6-20-5-4-13-11-10(12-2)16-21(18,19)17-11/h7H,3-6H2,1-2H3,(H,12,16)(H,13,17)(H,14,15). The van der Waals surface area contributed by atoms with Gasteiger partial charge in [0, 0.05) is 24.2 Å². The molecule has 1 aliphatic heterocycles. The van der Waals surface area contributed by atoms with Crippen molar-refractivity contribution < 1.29 is 8.42 Å². The molecule has 10 heteroatoms. The lowest BCUT2D eigenvalue weighted by molar-refractivity contribution is 0.591. The van der Waals surface area contributed by atoms with Crippen LogP contribution >= 0.6 is 11.8 Å². The third-order valence-electron chi connectivity index (χ3n) is 2.80. The van der Waals surface area contributed by atoms with E-state index in [1.165, 1.54) is 7.05 Å². The Balaban J connectivity index is 1.81. The maximum Gasteiger partial charge on any atom is 0.324 e. The van der Waals surface area contributed by atoms with Gasteiger partial charge in [0.2, 0.25) is 0 Å². The average Bonchev–Trinajstić information content (AvgIpc) is 3.01. The van der Waals surface area contributed by atoms with E-state index in [9.17, 15) is 8.42 Å². The second-order valence-corrected chi connectivity index (χ2v) is 6.76. The lowest BCUT2D eigenvalue weighted by atomic mass is 10.3. The summed E-state index contributed by atoms with van der Waals surface area (Å²) in [4.78, 5) is 15.4. The third-order valence-corrected chi connectivity index (χ3v) is 4.69. The first-order chi connectivity index (χ1) is 10.1. The van der Waals surface area contributed by atoms with E-state index in [1.54, 1.807) is 18.1 Å². The number of imidazole rings is 1. The molecule has 0 aromatic carbocycles. The molecule has 1 aliphatic rings. The van der Waals surface area contributed by atoms with Crippen LogP contribution in [0.25, 0.3) is 0 Å². The highest BCUT2D eigenvalue weighted by atomic mass is 32.2. The maximum atomic E-state index is 11.3. The predicted molar refractivity (Wildman–Crippen MR) is 85.0 cm³/mol. The second kappa shape index (κ2) is 6.94. The zero-order valence-corrected chi connectivity index (χ0v) is 13.5. The fourth-order valence-electron chi connectivity index (χ4n) is 1.81. The van der Waals surface area contributed by atoms with Gasteiger partial charge in [-0.2, -0.15) is 20.2 Å². The SMILES string of the molecule is CCc1nc[nH]c1CSCCN=C1NS(=O)(=O)NC1=NC. The minimum Gasteiger partial charge on any atom is -0.348 e. The highest BCUT2D eigenvalue weighted by molar-refractivity contribution is 7.98. The average molecular weight is 330 g/mol. The maximum absolute atomic E-state index is 11.3. The molecule has 2 rings (SSSR count). The molecule has 0 amide bonds. The summed E-state index contributed by atoms with van der Waals surface area (Å²) >= 11 is 1.72. The number of H-pyrrole nitrogens is 1. The van der Waals surface area contributed by atoms with E-state index in [0.29, 0.717) is 6.54 Å². The van der Waals surface area contributed by atoms with Crippen LogP contribution in [0.3, 0.4) is 0 Å². The van der Waals surface area contributed by atoms with Crippen molar-refractivity contribution >= 4 is 33.6 Å². The quantitative estimate of drug-likeness (QED) is 0.641. The van der Waals surface area contributed by atoms with Gasteiger partial charge in [-0.15, -0.1) is 0 Å². The van der Waals surface area contributed by atoms with Crippen molar-refractivity contribution in [1.29, 1.82) is 0 Å². The molecule has 0 spiro atoms. The number of hydrogen-bond acceptors (Lipinski definition) is 6. The Morgan fingerprint density at radius 1 is 1.33 bits per heavy atom. The molecule has 116 valence electrons. The van der Waals surface area contributed by atoms with E-state index in [-0.39, 0.29) is 11.7 Å². The molecule has 8 nitrogen and oxygen atoms in total. The fraction of sp³-hybridized carbons (Fsp3) is 0.545. The van der Waals surface area contributed by atoms with Crippen molar-refractivity contribution in [2.24, 2.45) is 9.98 Å². The lowest BCUT2D eigenvalue weighted by Crippen LogP contribution is -2.24. The molecule has 1 fully saturated rings. The molecule has 0 unspecified atom stereocenters. The fourth-order valence-corrected chi connectivity index (χ4v) is 3.54. The summed E-state index contributed by atoms with van der Waals surface area (Å²) in [6.45, 7) is 2.58. The van der Waals surface area contributed by atoms with Crippen LogP contribution in [-0.4, -0.2) is 49.4 Å². The van der Waals surface area contributed by atoms with Crippen LogP contribution in [0.1, 0.15) is 18.3 Å². The molecule has 0 radical (unpaired) electrons. The molecule has 0 saturated carbocycles. The van der Waals surface area contributed by atoms with E-state index < -0.39 is 10.2 Å². The normalized spacial score (nSPS) is 20.7. The number of nitrogens with zero attached hydrogens (tertiary/aromatic N) is 3. The molecule has 0 aliphatic carbocycles. The summed E-state index contributed by atoms with van der Waals surface area (Å²) in [6, 6.07) is 0. The van der Waals surface area contributed by atoms with Crippen LogP contribution in [0.5, 0.6) is 0 Å². The van der Waals surface area contributed by atoms with Gasteiger partial charge in [0.1, 0.15) is 0 Å². The summed E-state index contributed by atoms with van der Waals surface area (Å²) in [6.07, 6.45) is 2.61. The van der Waals surface area contributed by atoms with E-state index >= 15 is 0 Å². The highest BCUT2D eigenvalue weighted by Crippen LogP contribution is 2.13. The summed E-state index contributed by atoms with van der Waals surface area (Å²) in [5, 5.41) is 0. The number of thioether (sulfide) groups is 1. The van der Waals surface area contributed by atoms with E-state index in [0.717, 1.165) is 29.3 Å². The molecule has 1 aromatic heterocycles. The number of rotatable bonds is 6. The minimum absolute atomic E-state index is 0.252. The van der Waals surface area contributed by atoms with Gasteiger partial charge in [-0.25, -0.2) is 14.4 Å². The second-order valence-electron chi connectivity index (χ2n) is 4.24. The molecule has 1 saturated heterocycles. The van der Waals surface area contributed by atoms with Crippen LogP contribution in [0.2, 0.25) is 0 Å². The topological polar surface area (TPSA) is 112 Å². The Kier molecular flexibility index (Phi) is 5.23. The van der Waals surface area contributed by atoms with Crippen LogP contribution in [-0.2, 0) is 22.4 Å². The van der Waals surface area contributed by atoms with Crippen molar-refractivity contribution in [3.8, 4) is 0 Å². The number of nitrogens with one attached hydrogen (secondary N) is 3. The Morgan fingerprint density at radius 3 is 2.81 bits per heavy atom. The van der Waals surface area contributed by atoms with Gasteiger partial charge >= 0.3 is 10.2 Å². The van der Waals surface area contributed by atoms with Crippen molar-refractivity contribution in [3.05, 3.63) is 17.7 Å². The van der Waals surface area contributed by atoms with Crippen molar-refractivity contribution in [1.82, 2.24) is 19.4 Å². The zero-order chi connectivity index (χ0) is 15.3. The van der Waals surface area contributed by atoms with E-state index in [2.05, 4.69) is 36.3 Å². The lowest BCUT2D eigenvalue weighted by Gasteiger charge is -2.00. The van der Waals surface area contributed by atoms with Gasteiger partial charge in [0.05, 0.1) is 18.6 Å². The third kappa shape index (κ3) is 4.21. The van der Waals surface area contributed by atoms with Gasteiger partial charge in [-0.05, 0) is 6.42 Å². The Labute approximate surface area is 128 Å². The number of hydrogen-bond donors (Lipinski definition) is 3. The van der Waals surface area contributed by atoms with Crippen LogP contribution in [0.4, 0.5) is 0 Å². The van der Waals surface area contributed by atoms with Gasteiger partial charge in [0.15, 0.2) is 11.7 Å². The number of aliphatic imine (C=N–C) groups is 2. The number of aromatic amines is 1. The van der Waals surface area contributed by atoms with Crippen molar-refractivity contribution in [2.75, 3.05) is 19.3 Å². The summed E-state index contributed by atoms with van der Waals surface area (Å²) < 4.78 is 27.2. The van der Waals surface area contributed by atoms with Crippen LogP contribution < -0.4 is 9.44 Å². The van der Waals surface area contributed by atoms with E-state index in [4.69, 9.17) is 0 Å². The Morgan fingerprint density at radius 2 is 2.10 bits per heavy atom. The summed E-state index contributed by atoms with van der Waals surface area (Å²) in [5.41, 5.74) is 2.22. The predicted octanol–water partition coefficient (Wildman–Crippen LogP) is 0.0697. The molecule has 0 atom stereocenters. The molecule has 3 N–H and O–H groups in total. The molecule has 21 heavy (non-hydrogen) atoms. The Bertz CT molecular complexity index is 649. The molecule has 0 bridgehead atoms. The van der Waals surface area contributed by atoms with Crippen LogP contribution in [0.15, 0.2) is 16.3 Å². The number of aryl methyl sites for hydroxylation is 1. The largest absolute Gasteiger partial charge is 0.348 e. The van der Waals surface area contributed by atoms with E-state index in [1.807, 2.05) is 0 Å². The minimum atomic E-state index is -3.53. The number of aromatic nitrogens is 2. The zero-order valence-electron chi connectivity index (χ0n) is 11.9. The molecule has 2 heterocycles. The van der Waals surface area contributed by atoms with Crippen molar-refractivity contribution in [2.45, 2.75) is 19.1 Å². The summed E-state index contributed by atoms with van der Waals surface area (Å²) in [5.74, 6) is 2.15. The first-order valence-electron chi connectivity index (χ1n) is 6.46. The molecular weight excluding hydrogens is 312 g/mol.